The fraction of sp³-hybridized carbons (Fsp3) is 0.600. The second kappa shape index (κ2) is 7.04. The minimum Gasteiger partial charge on any atom is -0.477 e. The lowest BCUT2D eigenvalue weighted by molar-refractivity contribution is 0.192. The van der Waals surface area contributed by atoms with Gasteiger partial charge in [-0.15, -0.1) is 0 Å². The number of ether oxygens (including phenoxy) is 1. The zero-order valence-corrected chi connectivity index (χ0v) is 13.2. The summed E-state index contributed by atoms with van der Waals surface area (Å²) in [6.07, 6.45) is 8.71. The highest BCUT2D eigenvalue weighted by Gasteiger charge is 2.19. The van der Waals surface area contributed by atoms with Crippen LogP contribution in [0.1, 0.15) is 38.9 Å². The van der Waals surface area contributed by atoms with Crippen LogP contribution >= 0.6 is 15.9 Å². The molecule has 1 aliphatic rings. The van der Waals surface area contributed by atoms with Gasteiger partial charge in [-0.3, -0.25) is 0 Å². The molecule has 1 aliphatic carbocycles. The third-order valence-electron chi connectivity index (χ3n) is 3.55. The van der Waals surface area contributed by atoms with Gasteiger partial charge in [0.05, 0.1) is 6.61 Å². The van der Waals surface area contributed by atoms with Crippen LogP contribution in [-0.2, 0) is 6.42 Å². The zero-order valence-electron chi connectivity index (χ0n) is 11.6. The van der Waals surface area contributed by atoms with Crippen LogP contribution in [0.25, 0.3) is 0 Å². The van der Waals surface area contributed by atoms with Crippen molar-refractivity contribution in [2.45, 2.75) is 39.5 Å². The third kappa shape index (κ3) is 4.30. The Morgan fingerprint density at radius 1 is 1.32 bits per heavy atom. The highest BCUT2D eigenvalue weighted by atomic mass is 79.9. The molecule has 1 heterocycles. The van der Waals surface area contributed by atoms with Crippen LogP contribution in [0.2, 0.25) is 0 Å². The minimum absolute atomic E-state index is 0.591. The lowest BCUT2D eigenvalue weighted by Crippen LogP contribution is -2.21. The van der Waals surface area contributed by atoms with E-state index in [2.05, 4.69) is 51.9 Å². The molecule has 2 rings (SSSR count). The summed E-state index contributed by atoms with van der Waals surface area (Å²) in [4.78, 5) is 8.80. The first-order valence-corrected chi connectivity index (χ1v) is 7.79. The summed E-state index contributed by atoms with van der Waals surface area (Å²) in [5.41, 5.74) is 0. The molecule has 0 saturated heterocycles. The summed E-state index contributed by atoms with van der Waals surface area (Å²) in [5, 5.41) is 0. The number of aromatic nitrogens is 2. The van der Waals surface area contributed by atoms with E-state index in [1.54, 1.807) is 0 Å². The first-order chi connectivity index (χ1) is 9.19. The second-order valence-corrected chi connectivity index (χ2v) is 6.00. The van der Waals surface area contributed by atoms with Gasteiger partial charge in [-0.1, -0.05) is 26.0 Å². The number of hydrogen-bond donors (Lipinski definition) is 0. The van der Waals surface area contributed by atoms with E-state index >= 15 is 0 Å². The Kier molecular flexibility index (Phi) is 5.37. The molecule has 0 bridgehead atoms. The van der Waals surface area contributed by atoms with Gasteiger partial charge in [0.2, 0.25) is 5.88 Å². The maximum atomic E-state index is 5.87. The summed E-state index contributed by atoms with van der Waals surface area (Å²) in [6.45, 7) is 5.15. The number of aryl methyl sites for hydroxylation is 1. The molecule has 0 N–H and O–H groups in total. The van der Waals surface area contributed by atoms with Crippen molar-refractivity contribution in [2.75, 3.05) is 6.61 Å². The van der Waals surface area contributed by atoms with Crippen LogP contribution in [0.3, 0.4) is 0 Å². The summed E-state index contributed by atoms with van der Waals surface area (Å²) in [6, 6.07) is 1.85. The molecule has 104 valence electrons. The molecule has 0 aromatic carbocycles. The monoisotopic (exact) mass is 324 g/mol. The Labute approximate surface area is 123 Å². The van der Waals surface area contributed by atoms with E-state index < -0.39 is 0 Å². The number of rotatable bonds is 5. The van der Waals surface area contributed by atoms with Gasteiger partial charge in [0, 0.05) is 12.5 Å². The van der Waals surface area contributed by atoms with Gasteiger partial charge in [0.1, 0.15) is 10.4 Å². The molecule has 2 atom stereocenters. The first kappa shape index (κ1) is 14.5. The van der Waals surface area contributed by atoms with Crippen LogP contribution in [0.4, 0.5) is 0 Å². The third-order valence-corrected chi connectivity index (χ3v) is 3.96. The SMILES string of the molecule is CCCc1nc(Br)cc(OCC2CC=CCC2C)n1. The Morgan fingerprint density at radius 2 is 2.11 bits per heavy atom. The van der Waals surface area contributed by atoms with Gasteiger partial charge in [-0.2, -0.15) is 4.98 Å². The van der Waals surface area contributed by atoms with Gasteiger partial charge in [-0.25, -0.2) is 4.98 Å². The van der Waals surface area contributed by atoms with E-state index in [1.165, 1.54) is 0 Å². The van der Waals surface area contributed by atoms with Gasteiger partial charge < -0.3 is 4.74 Å². The highest BCUT2D eigenvalue weighted by molar-refractivity contribution is 9.10. The topological polar surface area (TPSA) is 35.0 Å². The van der Waals surface area contributed by atoms with Crippen molar-refractivity contribution in [3.63, 3.8) is 0 Å². The molecule has 1 aromatic rings. The second-order valence-electron chi connectivity index (χ2n) is 5.19. The van der Waals surface area contributed by atoms with Crippen LogP contribution in [0, 0.1) is 11.8 Å². The number of nitrogens with zero attached hydrogens (tertiary/aromatic N) is 2. The fourth-order valence-corrected chi connectivity index (χ4v) is 2.68. The van der Waals surface area contributed by atoms with Crippen LogP contribution in [0.5, 0.6) is 5.88 Å². The van der Waals surface area contributed by atoms with E-state index in [-0.39, 0.29) is 0 Å². The number of hydrogen-bond acceptors (Lipinski definition) is 3. The van der Waals surface area contributed by atoms with E-state index in [0.717, 1.165) is 42.7 Å². The summed E-state index contributed by atoms with van der Waals surface area (Å²) in [5.74, 6) is 2.81. The molecule has 0 saturated carbocycles. The number of allylic oxidation sites excluding steroid dienone is 2. The van der Waals surface area contributed by atoms with E-state index in [0.29, 0.717) is 17.7 Å². The van der Waals surface area contributed by atoms with Crippen molar-refractivity contribution in [3.8, 4) is 5.88 Å². The Balaban J connectivity index is 1.96. The van der Waals surface area contributed by atoms with Gasteiger partial charge in [0.15, 0.2) is 0 Å². The molecule has 0 amide bonds. The summed E-state index contributed by atoms with van der Waals surface area (Å²) >= 11 is 3.42. The maximum Gasteiger partial charge on any atom is 0.217 e. The standard InChI is InChI=1S/C15H21BrN2O/c1-3-6-14-17-13(16)9-15(18-14)19-10-12-8-5-4-7-11(12)2/h4-5,9,11-12H,3,6-8,10H2,1-2H3. The van der Waals surface area contributed by atoms with Gasteiger partial charge >= 0.3 is 0 Å². The molecule has 0 fully saturated rings. The molecular weight excluding hydrogens is 304 g/mol. The molecule has 4 heteroatoms. The number of halogens is 1. The van der Waals surface area contributed by atoms with Gasteiger partial charge in [0.25, 0.3) is 0 Å². The average Bonchev–Trinajstić information content (AvgIpc) is 2.37. The van der Waals surface area contributed by atoms with Crippen LogP contribution in [-0.4, -0.2) is 16.6 Å². The smallest absolute Gasteiger partial charge is 0.217 e. The van der Waals surface area contributed by atoms with Crippen molar-refractivity contribution in [1.29, 1.82) is 0 Å². The van der Waals surface area contributed by atoms with Gasteiger partial charge in [-0.05, 0) is 47.0 Å². The Morgan fingerprint density at radius 3 is 2.84 bits per heavy atom. The lowest BCUT2D eigenvalue weighted by atomic mass is 9.85. The molecule has 0 radical (unpaired) electrons. The van der Waals surface area contributed by atoms with Crippen molar-refractivity contribution in [3.05, 3.63) is 28.6 Å². The maximum absolute atomic E-state index is 5.87. The first-order valence-electron chi connectivity index (χ1n) is 7.00. The van der Waals surface area contributed by atoms with Crippen molar-refractivity contribution in [2.24, 2.45) is 11.8 Å². The molecule has 0 spiro atoms. The minimum atomic E-state index is 0.591. The van der Waals surface area contributed by atoms with Crippen molar-refractivity contribution < 1.29 is 4.74 Å². The zero-order chi connectivity index (χ0) is 13.7. The molecule has 0 aliphatic heterocycles. The molecular formula is C15H21BrN2O. The molecule has 1 aromatic heterocycles. The Hall–Kier alpha value is -0.900. The molecule has 3 nitrogen and oxygen atoms in total. The summed E-state index contributed by atoms with van der Waals surface area (Å²) < 4.78 is 6.67. The van der Waals surface area contributed by atoms with Crippen molar-refractivity contribution >= 4 is 15.9 Å². The average molecular weight is 325 g/mol. The normalized spacial score (nSPS) is 22.5. The quantitative estimate of drug-likeness (QED) is 0.602. The largest absolute Gasteiger partial charge is 0.477 e. The fourth-order valence-electron chi connectivity index (χ4n) is 2.28. The van der Waals surface area contributed by atoms with E-state index in [1.807, 2.05) is 6.07 Å². The summed E-state index contributed by atoms with van der Waals surface area (Å²) in [7, 11) is 0. The predicted octanol–water partition coefficient (Wildman–Crippen LogP) is 4.17. The molecule has 2 unspecified atom stereocenters. The van der Waals surface area contributed by atoms with Crippen LogP contribution in [0.15, 0.2) is 22.8 Å². The molecule has 19 heavy (non-hydrogen) atoms. The Bertz CT molecular complexity index is 448. The van der Waals surface area contributed by atoms with E-state index in [4.69, 9.17) is 4.74 Å². The predicted molar refractivity (Wildman–Crippen MR) is 80.3 cm³/mol. The van der Waals surface area contributed by atoms with Crippen LogP contribution < -0.4 is 4.74 Å². The van der Waals surface area contributed by atoms with E-state index in [9.17, 15) is 0 Å². The highest BCUT2D eigenvalue weighted by Crippen LogP contribution is 2.26. The van der Waals surface area contributed by atoms with Crippen molar-refractivity contribution in [1.82, 2.24) is 9.97 Å². The lowest BCUT2D eigenvalue weighted by Gasteiger charge is -2.24.